The lowest BCUT2D eigenvalue weighted by Crippen LogP contribution is -2.11. The molecule has 3 aromatic rings. The third-order valence-electron chi connectivity index (χ3n) is 3.56. The first-order valence-corrected chi connectivity index (χ1v) is 7.63. The van der Waals surface area contributed by atoms with E-state index in [1.807, 2.05) is 6.07 Å². The largest absolute Gasteiger partial charge is 0.481 e. The summed E-state index contributed by atoms with van der Waals surface area (Å²) in [6.07, 6.45) is 1.49. The maximum absolute atomic E-state index is 12.2. The molecule has 0 aliphatic rings. The van der Waals surface area contributed by atoms with Crippen molar-refractivity contribution in [1.29, 1.82) is 5.26 Å². The van der Waals surface area contributed by atoms with Crippen molar-refractivity contribution in [3.8, 4) is 11.8 Å². The molecule has 0 radical (unpaired) electrons. The van der Waals surface area contributed by atoms with Gasteiger partial charge in [0, 0.05) is 5.56 Å². The molecule has 128 valence electrons. The van der Waals surface area contributed by atoms with Gasteiger partial charge in [-0.15, -0.1) is 0 Å². The Morgan fingerprint density at radius 3 is 2.73 bits per heavy atom. The van der Waals surface area contributed by atoms with E-state index in [-0.39, 0.29) is 17.0 Å². The van der Waals surface area contributed by atoms with Gasteiger partial charge in [0.15, 0.2) is 12.4 Å². The molecule has 7 heteroatoms. The van der Waals surface area contributed by atoms with Crippen molar-refractivity contribution in [1.82, 2.24) is 9.97 Å². The number of rotatable bonds is 5. The molecule has 0 saturated carbocycles. The van der Waals surface area contributed by atoms with Crippen LogP contribution in [0.15, 0.2) is 53.3 Å². The van der Waals surface area contributed by atoms with Crippen molar-refractivity contribution in [3.63, 3.8) is 0 Å². The summed E-state index contributed by atoms with van der Waals surface area (Å²) in [6.45, 7) is -0.502. The Kier molecular flexibility index (Phi) is 4.76. The second kappa shape index (κ2) is 7.32. The molecular formula is C19H13N3O4. The van der Waals surface area contributed by atoms with Crippen molar-refractivity contribution in [2.45, 2.75) is 0 Å². The fraction of sp³-hybridized carbons (Fsp3) is 0.0526. The van der Waals surface area contributed by atoms with Gasteiger partial charge in [-0.3, -0.25) is 4.79 Å². The number of para-hydroxylation sites is 2. The van der Waals surface area contributed by atoms with E-state index in [2.05, 4.69) is 9.97 Å². The van der Waals surface area contributed by atoms with Crippen LogP contribution in [0.2, 0.25) is 0 Å². The number of nitrogens with one attached hydrogen (secondary N) is 1. The highest BCUT2D eigenvalue weighted by Gasteiger charge is 2.10. The molecule has 2 N–H and O–H groups in total. The van der Waals surface area contributed by atoms with Gasteiger partial charge in [0.05, 0.1) is 16.5 Å². The second-order valence-corrected chi connectivity index (χ2v) is 5.32. The van der Waals surface area contributed by atoms with E-state index in [1.54, 1.807) is 48.5 Å². The lowest BCUT2D eigenvalue weighted by Gasteiger charge is -2.07. The topological polar surface area (TPSA) is 116 Å². The van der Waals surface area contributed by atoms with Crippen LogP contribution in [0.1, 0.15) is 11.4 Å². The van der Waals surface area contributed by atoms with E-state index in [0.717, 1.165) is 0 Å². The van der Waals surface area contributed by atoms with E-state index >= 15 is 0 Å². The molecule has 0 saturated heterocycles. The van der Waals surface area contributed by atoms with Crippen LogP contribution in [-0.2, 0) is 4.79 Å². The maximum atomic E-state index is 12.2. The highest BCUT2D eigenvalue weighted by atomic mass is 16.5. The number of carboxylic acid groups (broad SMARTS) is 1. The van der Waals surface area contributed by atoms with E-state index in [0.29, 0.717) is 22.2 Å². The molecule has 0 spiro atoms. The number of fused-ring (bicyclic) bond motifs is 1. The van der Waals surface area contributed by atoms with E-state index in [1.165, 1.54) is 6.08 Å². The van der Waals surface area contributed by atoms with Gasteiger partial charge in [-0.25, -0.2) is 9.78 Å². The zero-order chi connectivity index (χ0) is 18.5. The predicted molar refractivity (Wildman–Crippen MR) is 95.4 cm³/mol. The van der Waals surface area contributed by atoms with Gasteiger partial charge in [-0.2, -0.15) is 5.26 Å². The van der Waals surface area contributed by atoms with Gasteiger partial charge in [-0.1, -0.05) is 30.3 Å². The highest BCUT2D eigenvalue weighted by molar-refractivity contribution is 5.90. The molecule has 0 aliphatic heterocycles. The Bertz CT molecular complexity index is 1110. The summed E-state index contributed by atoms with van der Waals surface area (Å²) in [5, 5.41) is 18.7. The predicted octanol–water partition coefficient (Wildman–Crippen LogP) is 2.45. The quantitative estimate of drug-likeness (QED) is 0.685. The molecule has 3 rings (SSSR count). The lowest BCUT2D eigenvalue weighted by atomic mass is 10.1. The molecule has 1 aromatic heterocycles. The van der Waals surface area contributed by atoms with Crippen LogP contribution in [0.4, 0.5) is 0 Å². The number of hydrogen-bond donors (Lipinski definition) is 2. The fourth-order valence-electron chi connectivity index (χ4n) is 2.39. The average Bonchev–Trinajstić information content (AvgIpc) is 2.65. The van der Waals surface area contributed by atoms with Crippen molar-refractivity contribution in [2.75, 3.05) is 6.61 Å². The summed E-state index contributed by atoms with van der Waals surface area (Å²) in [6, 6.07) is 15.5. The third-order valence-corrected chi connectivity index (χ3v) is 3.56. The molecule has 0 fully saturated rings. The Labute approximate surface area is 147 Å². The van der Waals surface area contributed by atoms with Crippen LogP contribution < -0.4 is 10.3 Å². The monoisotopic (exact) mass is 347 g/mol. The summed E-state index contributed by atoms with van der Waals surface area (Å²) in [7, 11) is 0. The van der Waals surface area contributed by atoms with Crippen molar-refractivity contribution in [2.24, 2.45) is 0 Å². The minimum Gasteiger partial charge on any atom is -0.481 e. The van der Waals surface area contributed by atoms with Gasteiger partial charge in [-0.05, 0) is 24.3 Å². The third kappa shape index (κ3) is 3.60. The van der Waals surface area contributed by atoms with Gasteiger partial charge in [0.25, 0.3) is 5.56 Å². The smallest absolute Gasteiger partial charge is 0.341 e. The maximum Gasteiger partial charge on any atom is 0.341 e. The number of hydrogen-bond acceptors (Lipinski definition) is 5. The van der Waals surface area contributed by atoms with Gasteiger partial charge in [0.1, 0.15) is 11.8 Å². The highest BCUT2D eigenvalue weighted by Crippen LogP contribution is 2.23. The molecule has 0 aliphatic carbocycles. The normalized spacial score (nSPS) is 11.1. The summed E-state index contributed by atoms with van der Waals surface area (Å²) in [5.74, 6) is -0.667. The van der Waals surface area contributed by atoms with Crippen LogP contribution in [-0.4, -0.2) is 27.7 Å². The van der Waals surface area contributed by atoms with Crippen LogP contribution >= 0.6 is 0 Å². The number of aromatic amines is 1. The van der Waals surface area contributed by atoms with Crippen LogP contribution in [0, 0.1) is 11.3 Å². The zero-order valence-electron chi connectivity index (χ0n) is 13.5. The van der Waals surface area contributed by atoms with Crippen LogP contribution in [0.3, 0.4) is 0 Å². The molecule has 0 amide bonds. The number of H-pyrrole nitrogens is 1. The Morgan fingerprint density at radius 2 is 1.96 bits per heavy atom. The summed E-state index contributed by atoms with van der Waals surface area (Å²) in [4.78, 5) is 29.8. The minimum atomic E-state index is -1.11. The zero-order valence-corrected chi connectivity index (χ0v) is 13.5. The Hall–Kier alpha value is -3.92. The van der Waals surface area contributed by atoms with Crippen molar-refractivity contribution >= 4 is 28.5 Å². The number of aromatic nitrogens is 2. The second-order valence-electron chi connectivity index (χ2n) is 5.32. The molecule has 2 aromatic carbocycles. The number of aliphatic carboxylic acids is 1. The molecule has 7 nitrogen and oxygen atoms in total. The van der Waals surface area contributed by atoms with E-state index < -0.39 is 12.6 Å². The number of nitriles is 1. The number of carboxylic acids is 1. The summed E-state index contributed by atoms with van der Waals surface area (Å²) in [5.41, 5.74) is 0.755. The first-order valence-electron chi connectivity index (χ1n) is 7.63. The molecular weight excluding hydrogens is 334 g/mol. The summed E-state index contributed by atoms with van der Waals surface area (Å²) >= 11 is 0. The van der Waals surface area contributed by atoms with E-state index in [9.17, 15) is 14.9 Å². The first-order chi connectivity index (χ1) is 12.6. The molecule has 0 unspecified atom stereocenters. The minimum absolute atomic E-state index is 0.124. The van der Waals surface area contributed by atoms with Gasteiger partial charge < -0.3 is 14.8 Å². The number of benzene rings is 2. The van der Waals surface area contributed by atoms with Gasteiger partial charge >= 0.3 is 5.97 Å². The molecule has 0 atom stereocenters. The Balaban J connectivity index is 2.06. The van der Waals surface area contributed by atoms with Crippen LogP contribution in [0.25, 0.3) is 22.6 Å². The molecule has 0 bridgehead atoms. The fourth-order valence-corrected chi connectivity index (χ4v) is 2.39. The Morgan fingerprint density at radius 1 is 1.23 bits per heavy atom. The van der Waals surface area contributed by atoms with Gasteiger partial charge in [0.2, 0.25) is 0 Å². The van der Waals surface area contributed by atoms with Crippen molar-refractivity contribution < 1.29 is 14.6 Å². The lowest BCUT2D eigenvalue weighted by molar-refractivity contribution is -0.139. The molecule has 1 heterocycles. The van der Waals surface area contributed by atoms with E-state index in [4.69, 9.17) is 9.84 Å². The van der Waals surface area contributed by atoms with Crippen molar-refractivity contribution in [3.05, 3.63) is 70.3 Å². The number of ether oxygens (including phenoxy) is 1. The van der Waals surface area contributed by atoms with Crippen LogP contribution in [0.5, 0.6) is 5.75 Å². The number of nitrogens with zero attached hydrogens (tertiary/aromatic N) is 2. The summed E-state index contributed by atoms with van der Waals surface area (Å²) < 4.78 is 5.23. The average molecular weight is 347 g/mol. The number of carbonyl (C=O) groups is 1. The first kappa shape index (κ1) is 16.9. The standard InChI is InChI=1S/C19H13N3O4/c20-10-13(9-12-5-1-4-8-16(12)26-11-17(23)24)18-21-15-7-3-2-6-14(15)19(25)22-18/h1-9H,11H2,(H,23,24)(H,21,22,25)/b13-9+. The molecule has 26 heavy (non-hydrogen) atoms. The number of allylic oxidation sites excluding steroid dienone is 1. The SMILES string of the molecule is N#C/C(=C\c1ccccc1OCC(=O)O)c1nc2ccccc2c(=O)[nH]1.